The summed E-state index contributed by atoms with van der Waals surface area (Å²) in [7, 11) is 0. The third-order valence-corrected chi connectivity index (χ3v) is 6.58. The summed E-state index contributed by atoms with van der Waals surface area (Å²) in [5.74, 6) is 0.900. The highest BCUT2D eigenvalue weighted by Crippen LogP contribution is 2.33. The van der Waals surface area contributed by atoms with E-state index >= 15 is 0 Å². The van der Waals surface area contributed by atoms with Gasteiger partial charge in [0.1, 0.15) is 5.75 Å². The Balaban J connectivity index is 1.42. The van der Waals surface area contributed by atoms with Crippen LogP contribution in [-0.2, 0) is 11.3 Å². The van der Waals surface area contributed by atoms with Crippen LogP contribution in [0.25, 0.3) is 10.2 Å². The molecule has 1 aromatic heterocycles. The van der Waals surface area contributed by atoms with Gasteiger partial charge in [0.15, 0.2) is 5.13 Å². The van der Waals surface area contributed by atoms with Crippen LogP contribution < -0.4 is 15.0 Å². The average molecular weight is 430 g/mol. The number of piperidine rings is 1. The first-order valence-electron chi connectivity index (χ1n) is 9.93. The van der Waals surface area contributed by atoms with Gasteiger partial charge in [0, 0.05) is 24.7 Å². The smallest absolute Gasteiger partial charge is 0.225 e. The lowest BCUT2D eigenvalue weighted by Gasteiger charge is -2.31. The van der Waals surface area contributed by atoms with Gasteiger partial charge in [-0.2, -0.15) is 0 Å². The van der Waals surface area contributed by atoms with Crippen LogP contribution in [0.5, 0.6) is 5.75 Å². The van der Waals surface area contributed by atoms with E-state index in [9.17, 15) is 4.79 Å². The van der Waals surface area contributed by atoms with Gasteiger partial charge in [0.2, 0.25) is 5.91 Å². The van der Waals surface area contributed by atoms with Crippen molar-refractivity contribution >= 4 is 44.2 Å². The fourth-order valence-corrected chi connectivity index (χ4v) is 4.85. The van der Waals surface area contributed by atoms with Crippen LogP contribution in [0, 0.1) is 5.92 Å². The van der Waals surface area contributed by atoms with Crippen molar-refractivity contribution in [3.05, 3.63) is 53.1 Å². The number of anilines is 1. The molecule has 1 aliphatic rings. The van der Waals surface area contributed by atoms with Crippen molar-refractivity contribution < 1.29 is 9.53 Å². The molecule has 4 rings (SSSR count). The molecule has 1 atom stereocenters. The molecule has 0 radical (unpaired) electrons. The molecule has 29 heavy (non-hydrogen) atoms. The number of ether oxygens (including phenoxy) is 1. The lowest BCUT2D eigenvalue weighted by molar-refractivity contribution is -0.125. The number of fused-ring (bicyclic) bond motifs is 1. The Bertz CT molecular complexity index is 1010. The fourth-order valence-electron chi connectivity index (χ4n) is 3.62. The molecule has 3 aromatic rings. The third-order valence-electron chi connectivity index (χ3n) is 5.13. The van der Waals surface area contributed by atoms with Crippen LogP contribution in [0.3, 0.4) is 0 Å². The van der Waals surface area contributed by atoms with Gasteiger partial charge in [-0.05, 0) is 49.6 Å². The van der Waals surface area contributed by atoms with E-state index in [4.69, 9.17) is 21.3 Å². The molecule has 0 aliphatic carbocycles. The first-order chi connectivity index (χ1) is 14.1. The highest BCUT2D eigenvalue weighted by atomic mass is 35.5. The summed E-state index contributed by atoms with van der Waals surface area (Å²) in [4.78, 5) is 19.7. The van der Waals surface area contributed by atoms with Gasteiger partial charge in [0.05, 0.1) is 22.7 Å². The Labute approximate surface area is 179 Å². The van der Waals surface area contributed by atoms with Gasteiger partial charge < -0.3 is 15.0 Å². The van der Waals surface area contributed by atoms with Gasteiger partial charge in [0.25, 0.3) is 0 Å². The van der Waals surface area contributed by atoms with E-state index in [0.717, 1.165) is 46.0 Å². The zero-order valence-electron chi connectivity index (χ0n) is 16.4. The molecule has 1 fully saturated rings. The lowest BCUT2D eigenvalue weighted by atomic mass is 9.97. The van der Waals surface area contributed by atoms with Crippen LogP contribution in [0.2, 0.25) is 5.02 Å². The molecule has 1 N–H and O–H groups in total. The highest BCUT2D eigenvalue weighted by Gasteiger charge is 2.27. The monoisotopic (exact) mass is 429 g/mol. The van der Waals surface area contributed by atoms with Crippen molar-refractivity contribution in [2.24, 2.45) is 5.92 Å². The molecule has 0 spiro atoms. The number of halogens is 1. The van der Waals surface area contributed by atoms with E-state index in [-0.39, 0.29) is 11.8 Å². The number of hydrogen-bond donors (Lipinski definition) is 1. The first kappa shape index (κ1) is 20.0. The minimum atomic E-state index is -0.0442. The summed E-state index contributed by atoms with van der Waals surface area (Å²) in [5.41, 5.74) is 1.91. The van der Waals surface area contributed by atoms with Gasteiger partial charge in [-0.3, -0.25) is 4.79 Å². The van der Waals surface area contributed by atoms with Gasteiger partial charge in [-0.15, -0.1) is 0 Å². The minimum Gasteiger partial charge on any atom is -0.494 e. The molecule has 1 aliphatic heterocycles. The number of nitrogens with one attached hydrogen (secondary N) is 1. The number of carbonyl (C=O) groups excluding carboxylic acids is 1. The number of carbonyl (C=O) groups is 1. The maximum Gasteiger partial charge on any atom is 0.225 e. The Morgan fingerprint density at radius 1 is 1.34 bits per heavy atom. The number of hydrogen-bond acceptors (Lipinski definition) is 5. The number of benzene rings is 2. The largest absolute Gasteiger partial charge is 0.494 e. The quantitative estimate of drug-likeness (QED) is 0.606. The SMILES string of the molecule is CCOc1ccc2nc(N3CCC[C@@H](C(=O)NCc4ccccc4Cl)C3)sc2c1. The van der Waals surface area contributed by atoms with Crippen molar-refractivity contribution in [3.8, 4) is 5.75 Å². The van der Waals surface area contributed by atoms with Crippen molar-refractivity contribution in [2.45, 2.75) is 26.3 Å². The Kier molecular flexibility index (Phi) is 6.21. The molecular weight excluding hydrogens is 406 g/mol. The number of amides is 1. The predicted octanol–water partition coefficient (Wildman–Crippen LogP) is 4.88. The Morgan fingerprint density at radius 3 is 3.03 bits per heavy atom. The Morgan fingerprint density at radius 2 is 2.21 bits per heavy atom. The van der Waals surface area contributed by atoms with E-state index in [1.54, 1.807) is 11.3 Å². The second-order valence-corrected chi connectivity index (χ2v) is 8.57. The molecule has 152 valence electrons. The Hall–Kier alpha value is -2.31. The average Bonchev–Trinajstić information content (AvgIpc) is 3.17. The fraction of sp³-hybridized carbons (Fsp3) is 0.364. The number of rotatable bonds is 6. The van der Waals surface area contributed by atoms with Crippen LogP contribution in [-0.4, -0.2) is 30.6 Å². The standard InChI is InChI=1S/C22H24ClN3O2S/c1-2-28-17-9-10-19-20(12-17)29-22(25-19)26-11-5-7-16(14-26)21(27)24-13-15-6-3-4-8-18(15)23/h3-4,6,8-10,12,16H,2,5,7,11,13-14H2,1H3,(H,24,27)/t16-/m1/s1. The summed E-state index contributed by atoms with van der Waals surface area (Å²) in [5, 5.41) is 4.70. The normalized spacial score (nSPS) is 16.8. The highest BCUT2D eigenvalue weighted by molar-refractivity contribution is 7.22. The van der Waals surface area contributed by atoms with Crippen molar-refractivity contribution in [1.29, 1.82) is 0 Å². The number of nitrogens with zero attached hydrogens (tertiary/aromatic N) is 2. The van der Waals surface area contributed by atoms with E-state index in [1.165, 1.54) is 0 Å². The summed E-state index contributed by atoms with van der Waals surface area (Å²) in [6.45, 7) is 4.69. The first-order valence-corrected chi connectivity index (χ1v) is 11.1. The predicted molar refractivity (Wildman–Crippen MR) is 119 cm³/mol. The van der Waals surface area contributed by atoms with E-state index in [0.29, 0.717) is 24.7 Å². The number of thiazole rings is 1. The summed E-state index contributed by atoms with van der Waals surface area (Å²) >= 11 is 7.85. The summed E-state index contributed by atoms with van der Waals surface area (Å²) < 4.78 is 6.70. The number of aromatic nitrogens is 1. The zero-order chi connectivity index (χ0) is 20.2. The second kappa shape index (κ2) is 9.01. The second-order valence-electron chi connectivity index (χ2n) is 7.15. The molecule has 2 aromatic carbocycles. The molecular formula is C22H24ClN3O2S. The van der Waals surface area contributed by atoms with Crippen LogP contribution in [0.15, 0.2) is 42.5 Å². The van der Waals surface area contributed by atoms with E-state index < -0.39 is 0 Å². The molecule has 5 nitrogen and oxygen atoms in total. The maximum absolute atomic E-state index is 12.7. The topological polar surface area (TPSA) is 54.5 Å². The molecule has 0 saturated carbocycles. The molecule has 7 heteroatoms. The molecule has 2 heterocycles. The van der Waals surface area contributed by atoms with Crippen LogP contribution in [0.4, 0.5) is 5.13 Å². The molecule has 0 bridgehead atoms. The minimum absolute atomic E-state index is 0.0442. The van der Waals surface area contributed by atoms with Crippen LogP contribution in [0.1, 0.15) is 25.3 Å². The third kappa shape index (κ3) is 4.65. The summed E-state index contributed by atoms with van der Waals surface area (Å²) in [6.07, 6.45) is 1.87. The van der Waals surface area contributed by atoms with Crippen molar-refractivity contribution in [3.63, 3.8) is 0 Å². The van der Waals surface area contributed by atoms with Crippen molar-refractivity contribution in [2.75, 3.05) is 24.6 Å². The van der Waals surface area contributed by atoms with E-state index in [2.05, 4.69) is 10.2 Å². The van der Waals surface area contributed by atoms with Gasteiger partial charge in [-0.1, -0.05) is 41.1 Å². The van der Waals surface area contributed by atoms with E-state index in [1.807, 2.05) is 49.4 Å². The lowest BCUT2D eigenvalue weighted by Crippen LogP contribution is -2.43. The van der Waals surface area contributed by atoms with Gasteiger partial charge >= 0.3 is 0 Å². The summed E-state index contributed by atoms with van der Waals surface area (Å²) in [6, 6.07) is 13.6. The molecule has 1 saturated heterocycles. The molecule has 0 unspecified atom stereocenters. The van der Waals surface area contributed by atoms with Gasteiger partial charge in [-0.25, -0.2) is 4.98 Å². The molecule has 1 amide bonds. The van der Waals surface area contributed by atoms with Crippen molar-refractivity contribution in [1.82, 2.24) is 10.3 Å². The maximum atomic E-state index is 12.7. The van der Waals surface area contributed by atoms with Crippen LogP contribution >= 0.6 is 22.9 Å². The zero-order valence-corrected chi connectivity index (χ0v) is 17.9.